The summed E-state index contributed by atoms with van der Waals surface area (Å²) in [6.45, 7) is 24.7. The van der Waals surface area contributed by atoms with Crippen LogP contribution in [0.1, 0.15) is 178 Å². The largest absolute Gasteiger partial charge is 0.454 e. The van der Waals surface area contributed by atoms with E-state index >= 15 is 0 Å². The highest BCUT2D eigenvalue weighted by Gasteiger charge is 2.12. The quantitative estimate of drug-likeness (QED) is 0.0676. The lowest BCUT2D eigenvalue weighted by Gasteiger charge is -2.05. The third-order valence-electron chi connectivity index (χ3n) is 10.7. The molecule has 0 amide bonds. The van der Waals surface area contributed by atoms with E-state index in [4.69, 9.17) is 9.47 Å². The molecule has 2 rings (SSSR count). The molecule has 0 aromatic heterocycles. The number of allylic oxidation sites excluding steroid dienone is 17. The Morgan fingerprint density at radius 1 is 0.439 bits per heavy atom. The smallest absolute Gasteiger partial charge is 0.231 e. The Bertz CT molecular complexity index is 1590. The van der Waals surface area contributed by atoms with E-state index in [0.29, 0.717) is 6.79 Å². The minimum absolute atomic E-state index is 0. The second-order valence-electron chi connectivity index (χ2n) is 16.8. The van der Waals surface area contributed by atoms with Gasteiger partial charge in [-0.2, -0.15) is 0 Å². The highest BCUT2D eigenvalue weighted by Crippen LogP contribution is 2.32. The zero-order valence-corrected chi connectivity index (χ0v) is 38.9. The lowest BCUT2D eigenvalue weighted by atomic mass is 10.0. The van der Waals surface area contributed by atoms with Crippen molar-refractivity contribution in [3.05, 3.63) is 129 Å². The van der Waals surface area contributed by atoms with E-state index in [1.165, 1.54) is 101 Å². The van der Waals surface area contributed by atoms with Gasteiger partial charge in [-0.1, -0.05) is 111 Å². The average molecular weight is 801 g/mol. The summed E-state index contributed by atoms with van der Waals surface area (Å²) in [5, 5.41) is 3.51. The highest BCUT2D eigenvalue weighted by molar-refractivity contribution is 5.85. The molecule has 0 fully saturated rings. The molecule has 0 spiro atoms. The molecule has 1 aliphatic heterocycles. The second-order valence-corrected chi connectivity index (χ2v) is 16.8. The predicted octanol–water partition coefficient (Wildman–Crippen LogP) is 16.7. The Kier molecular flexibility index (Phi) is 28.8. The molecule has 3 nitrogen and oxygen atoms in total. The summed E-state index contributed by atoms with van der Waals surface area (Å²) in [6.07, 6.45) is 40.3. The molecule has 1 aliphatic rings. The summed E-state index contributed by atoms with van der Waals surface area (Å²) in [5.74, 6) is 1.69. The number of nitrogens with one attached hydrogen (secondary N) is 1. The van der Waals surface area contributed by atoms with Gasteiger partial charge in [0.25, 0.3) is 0 Å². The van der Waals surface area contributed by atoms with Crippen LogP contribution >= 0.6 is 12.4 Å². The van der Waals surface area contributed by atoms with Gasteiger partial charge in [-0.25, -0.2) is 0 Å². The molecule has 0 atom stereocenters. The van der Waals surface area contributed by atoms with Crippen molar-refractivity contribution >= 4 is 12.4 Å². The first-order valence-electron chi connectivity index (χ1n) is 21.9. The zero-order valence-electron chi connectivity index (χ0n) is 38.1. The first-order chi connectivity index (χ1) is 26.9. The van der Waals surface area contributed by atoms with Crippen molar-refractivity contribution in [3.8, 4) is 11.5 Å². The van der Waals surface area contributed by atoms with E-state index in [-0.39, 0.29) is 12.4 Å². The molecule has 1 aromatic rings. The van der Waals surface area contributed by atoms with Gasteiger partial charge in [0.1, 0.15) is 0 Å². The lowest BCUT2D eigenvalue weighted by molar-refractivity contribution is 0.174. The van der Waals surface area contributed by atoms with Crippen LogP contribution in [0.5, 0.6) is 11.5 Å². The highest BCUT2D eigenvalue weighted by atomic mass is 35.5. The van der Waals surface area contributed by atoms with Crippen LogP contribution in [0.15, 0.2) is 123 Å². The first kappa shape index (κ1) is 51.7. The molecule has 1 heterocycles. The van der Waals surface area contributed by atoms with Gasteiger partial charge in [0.15, 0.2) is 11.5 Å². The number of fused-ring (bicyclic) bond motifs is 1. The SMILES string of the molecule is CC(C)=CCC/C(C)=C/CC/C(C)=C/CC/C(C)=C/CC/C(C)=C/CC/C(C)=C/CC/C(C)=C/CC/C(C)=C/CC/C(C)=C/CNCc1ccc2c(c1)OCO2.Cl. The molecular weight excluding hydrogens is 718 g/mol. The van der Waals surface area contributed by atoms with Crippen molar-refractivity contribution in [2.45, 2.75) is 179 Å². The third kappa shape index (κ3) is 27.1. The van der Waals surface area contributed by atoms with Crippen LogP contribution < -0.4 is 14.8 Å². The van der Waals surface area contributed by atoms with Crippen LogP contribution in [0.2, 0.25) is 0 Å². The fraction of sp³-hybridized carbons (Fsp3) is 0.547. The van der Waals surface area contributed by atoms with E-state index in [9.17, 15) is 0 Å². The molecular formula is C53H82ClNO2. The van der Waals surface area contributed by atoms with Gasteiger partial charge in [0, 0.05) is 13.1 Å². The van der Waals surface area contributed by atoms with E-state index in [2.05, 4.69) is 141 Å². The van der Waals surface area contributed by atoms with Crippen molar-refractivity contribution in [3.63, 3.8) is 0 Å². The third-order valence-corrected chi connectivity index (χ3v) is 10.7. The second kappa shape index (κ2) is 31.7. The van der Waals surface area contributed by atoms with Crippen LogP contribution in [-0.2, 0) is 6.54 Å². The first-order valence-corrected chi connectivity index (χ1v) is 21.9. The van der Waals surface area contributed by atoms with Gasteiger partial charge < -0.3 is 14.8 Å². The Morgan fingerprint density at radius 2 is 0.754 bits per heavy atom. The number of hydrogen-bond acceptors (Lipinski definition) is 3. The molecule has 1 aromatic carbocycles. The van der Waals surface area contributed by atoms with E-state index in [1.54, 1.807) is 0 Å². The van der Waals surface area contributed by atoms with Gasteiger partial charge in [0.2, 0.25) is 6.79 Å². The summed E-state index contributed by atoms with van der Waals surface area (Å²) in [7, 11) is 0. The van der Waals surface area contributed by atoms with Crippen LogP contribution in [0.25, 0.3) is 0 Å². The Hall–Kier alpha value is -3.27. The van der Waals surface area contributed by atoms with Crippen LogP contribution in [0.3, 0.4) is 0 Å². The average Bonchev–Trinajstić information content (AvgIpc) is 3.61. The number of ether oxygens (including phenoxy) is 2. The maximum Gasteiger partial charge on any atom is 0.231 e. The minimum Gasteiger partial charge on any atom is -0.454 e. The standard InChI is InChI=1S/C53H81NO2.ClH/c1-42(2)19-11-20-43(3)21-12-22-44(4)23-13-24-45(5)25-14-26-46(6)27-15-28-47(7)29-16-30-48(8)31-17-32-49(9)33-18-34-50(10)37-38-54-40-51-35-36-52-53(39-51)56-41-55-52;/h19,21,23,25,27,29,31,33,35-37,39,54H,11-18,20,22,24,26,28,30,32,34,38,40-41H2,1-10H3;1H/b43-21+,44-23+,45-25+,46-27+,47-29+,48-31+,49-33+,50-37+;. The monoisotopic (exact) mass is 800 g/mol. The maximum absolute atomic E-state index is 5.48. The molecule has 0 aliphatic carbocycles. The number of hydrogen-bond donors (Lipinski definition) is 1. The van der Waals surface area contributed by atoms with Gasteiger partial charge >= 0.3 is 0 Å². The Balaban J connectivity index is 0.0000162. The van der Waals surface area contributed by atoms with E-state index < -0.39 is 0 Å². The van der Waals surface area contributed by atoms with E-state index in [0.717, 1.165) is 82.4 Å². The van der Waals surface area contributed by atoms with Crippen molar-refractivity contribution in [2.75, 3.05) is 13.3 Å². The summed E-state index contributed by atoms with van der Waals surface area (Å²) < 4.78 is 10.9. The van der Waals surface area contributed by atoms with Crippen LogP contribution in [0.4, 0.5) is 0 Å². The Labute approximate surface area is 357 Å². The van der Waals surface area contributed by atoms with Crippen LogP contribution in [-0.4, -0.2) is 13.3 Å². The number of rotatable bonds is 28. The molecule has 0 radical (unpaired) electrons. The fourth-order valence-corrected chi connectivity index (χ4v) is 6.74. The lowest BCUT2D eigenvalue weighted by Crippen LogP contribution is -2.13. The number of benzene rings is 1. The van der Waals surface area contributed by atoms with Crippen molar-refractivity contribution < 1.29 is 9.47 Å². The van der Waals surface area contributed by atoms with Gasteiger partial charge in [-0.05, 0) is 190 Å². The van der Waals surface area contributed by atoms with Gasteiger partial charge in [-0.3, -0.25) is 0 Å². The predicted molar refractivity (Wildman–Crippen MR) is 255 cm³/mol. The molecule has 0 bridgehead atoms. The molecule has 0 saturated heterocycles. The van der Waals surface area contributed by atoms with Crippen LogP contribution in [0, 0.1) is 0 Å². The molecule has 4 heteroatoms. The van der Waals surface area contributed by atoms with E-state index in [1.807, 2.05) is 6.07 Å². The van der Waals surface area contributed by atoms with Gasteiger partial charge in [-0.15, -0.1) is 12.4 Å². The summed E-state index contributed by atoms with van der Waals surface area (Å²) in [6, 6.07) is 6.15. The Morgan fingerprint density at radius 3 is 1.11 bits per heavy atom. The van der Waals surface area contributed by atoms with Crippen molar-refractivity contribution in [1.82, 2.24) is 5.32 Å². The van der Waals surface area contributed by atoms with Crippen molar-refractivity contribution in [2.24, 2.45) is 0 Å². The topological polar surface area (TPSA) is 30.5 Å². The fourth-order valence-electron chi connectivity index (χ4n) is 6.74. The maximum atomic E-state index is 5.48. The molecule has 0 saturated carbocycles. The normalized spacial score (nSPS) is 14.6. The molecule has 1 N–H and O–H groups in total. The van der Waals surface area contributed by atoms with Crippen molar-refractivity contribution in [1.29, 1.82) is 0 Å². The molecule has 57 heavy (non-hydrogen) atoms. The molecule has 318 valence electrons. The summed E-state index contributed by atoms with van der Waals surface area (Å²) in [5.41, 5.74) is 14.7. The number of halogens is 1. The van der Waals surface area contributed by atoms with Gasteiger partial charge in [0.05, 0.1) is 0 Å². The molecule has 0 unspecified atom stereocenters. The zero-order chi connectivity index (χ0) is 41.0. The minimum atomic E-state index is 0. The summed E-state index contributed by atoms with van der Waals surface area (Å²) >= 11 is 0. The summed E-state index contributed by atoms with van der Waals surface area (Å²) in [4.78, 5) is 0.